The molecule has 0 aromatic carbocycles. The summed E-state index contributed by atoms with van der Waals surface area (Å²) < 4.78 is 5.22. The highest BCUT2D eigenvalue weighted by molar-refractivity contribution is 4.80. The van der Waals surface area contributed by atoms with Gasteiger partial charge in [0.25, 0.3) is 0 Å². The Morgan fingerprint density at radius 3 is 2.18 bits per heavy atom. The zero-order valence-corrected chi connectivity index (χ0v) is 7.50. The highest BCUT2D eigenvalue weighted by atomic mass is 16.5. The van der Waals surface area contributed by atoms with Crippen LogP contribution in [-0.2, 0) is 4.74 Å². The van der Waals surface area contributed by atoms with Crippen LogP contribution in [0.3, 0.4) is 0 Å². The maximum Gasteiger partial charge on any atom is 0.131 e. The Balaban J connectivity index is 3.98. The summed E-state index contributed by atoms with van der Waals surface area (Å²) in [6.07, 6.45) is 0.405. The van der Waals surface area contributed by atoms with Gasteiger partial charge in [-0.1, -0.05) is 6.92 Å². The first kappa shape index (κ1) is 10.8. The fraction of sp³-hybridized carbons (Fsp3) is 1.00. The minimum absolute atomic E-state index is 0.173. The Morgan fingerprint density at radius 2 is 1.91 bits per heavy atom. The maximum atomic E-state index is 5.74. The number of nitrogens with two attached hydrogens (primary N) is 3. The maximum absolute atomic E-state index is 5.74. The molecule has 0 rings (SSSR count). The molecule has 0 saturated heterocycles. The Morgan fingerprint density at radius 1 is 1.45 bits per heavy atom. The Labute approximate surface area is 68.1 Å². The van der Waals surface area contributed by atoms with Gasteiger partial charge >= 0.3 is 0 Å². The second kappa shape index (κ2) is 4.01. The van der Waals surface area contributed by atoms with E-state index < -0.39 is 5.72 Å². The fourth-order valence-corrected chi connectivity index (χ4v) is 0.893. The molecule has 3 unspecified atom stereocenters. The number of ether oxygens (including phenoxy) is 1. The molecule has 0 aliphatic carbocycles. The highest BCUT2D eigenvalue weighted by Crippen LogP contribution is 2.10. The zero-order chi connectivity index (χ0) is 9.07. The van der Waals surface area contributed by atoms with Gasteiger partial charge in [0.2, 0.25) is 0 Å². The molecule has 0 bridgehead atoms. The molecular formula is C7H19N3O. The van der Waals surface area contributed by atoms with Gasteiger partial charge in [-0.3, -0.25) is 0 Å². The third-order valence-electron chi connectivity index (χ3n) is 1.62. The first-order chi connectivity index (χ1) is 4.90. The summed E-state index contributed by atoms with van der Waals surface area (Å²) in [6.45, 7) is 5.43. The van der Waals surface area contributed by atoms with Crippen LogP contribution in [0.25, 0.3) is 0 Å². The van der Waals surface area contributed by atoms with Crippen molar-refractivity contribution in [2.75, 3.05) is 0 Å². The van der Waals surface area contributed by atoms with Gasteiger partial charge in [-0.25, -0.2) is 0 Å². The molecule has 68 valence electrons. The lowest BCUT2D eigenvalue weighted by molar-refractivity contribution is -0.0844. The van der Waals surface area contributed by atoms with E-state index in [4.69, 9.17) is 21.9 Å². The van der Waals surface area contributed by atoms with E-state index in [1.54, 1.807) is 13.8 Å². The van der Waals surface area contributed by atoms with Gasteiger partial charge in [0.15, 0.2) is 0 Å². The van der Waals surface area contributed by atoms with Crippen LogP contribution in [-0.4, -0.2) is 18.0 Å². The van der Waals surface area contributed by atoms with Crippen LogP contribution in [0.4, 0.5) is 0 Å². The van der Waals surface area contributed by atoms with Crippen molar-refractivity contribution >= 4 is 0 Å². The molecule has 0 spiro atoms. The van der Waals surface area contributed by atoms with Crippen LogP contribution in [0.15, 0.2) is 0 Å². The average Bonchev–Trinajstić information content (AvgIpc) is 1.83. The summed E-state index contributed by atoms with van der Waals surface area (Å²) >= 11 is 0. The molecule has 0 aromatic heterocycles. The molecule has 4 nitrogen and oxygen atoms in total. The molecule has 3 atom stereocenters. The lowest BCUT2D eigenvalue weighted by Crippen LogP contribution is -2.57. The van der Waals surface area contributed by atoms with Gasteiger partial charge in [0.05, 0.1) is 0 Å². The van der Waals surface area contributed by atoms with Gasteiger partial charge in [-0.2, -0.15) is 0 Å². The number of hydrogen-bond acceptors (Lipinski definition) is 4. The smallest absolute Gasteiger partial charge is 0.131 e. The quantitative estimate of drug-likeness (QED) is 0.495. The van der Waals surface area contributed by atoms with Crippen LogP contribution < -0.4 is 17.2 Å². The molecule has 11 heavy (non-hydrogen) atoms. The standard InChI is InChI=1S/C7H19N3O/c1-4-6(9)7(3,10)11-5(2)8/h5-6H,4,8-10H2,1-3H3. The molecule has 0 fully saturated rings. The average molecular weight is 161 g/mol. The molecule has 0 radical (unpaired) electrons. The highest BCUT2D eigenvalue weighted by Gasteiger charge is 2.27. The summed E-state index contributed by atoms with van der Waals surface area (Å²) in [6, 6.07) is -0.173. The van der Waals surface area contributed by atoms with Gasteiger partial charge in [0, 0.05) is 6.04 Å². The first-order valence-corrected chi connectivity index (χ1v) is 3.88. The Bertz CT molecular complexity index is 114. The van der Waals surface area contributed by atoms with Gasteiger partial charge < -0.3 is 21.9 Å². The van der Waals surface area contributed by atoms with Gasteiger partial charge in [-0.15, -0.1) is 0 Å². The summed E-state index contributed by atoms with van der Waals surface area (Å²) in [7, 11) is 0. The van der Waals surface area contributed by atoms with E-state index in [1.807, 2.05) is 6.92 Å². The van der Waals surface area contributed by atoms with Crippen molar-refractivity contribution in [3.05, 3.63) is 0 Å². The SMILES string of the molecule is CCC(N)C(C)(N)OC(C)N. The number of hydrogen-bond donors (Lipinski definition) is 3. The summed E-state index contributed by atoms with van der Waals surface area (Å²) in [5.41, 5.74) is 16.0. The van der Waals surface area contributed by atoms with E-state index in [-0.39, 0.29) is 12.3 Å². The molecule has 4 heteroatoms. The van der Waals surface area contributed by atoms with E-state index in [1.165, 1.54) is 0 Å². The van der Waals surface area contributed by atoms with Gasteiger partial charge in [-0.05, 0) is 20.3 Å². The topological polar surface area (TPSA) is 87.3 Å². The minimum atomic E-state index is -0.817. The molecule has 0 aliphatic heterocycles. The van der Waals surface area contributed by atoms with Crippen molar-refractivity contribution in [2.45, 2.75) is 45.2 Å². The van der Waals surface area contributed by atoms with Crippen LogP contribution in [0, 0.1) is 0 Å². The number of rotatable bonds is 4. The van der Waals surface area contributed by atoms with Crippen LogP contribution in [0.5, 0.6) is 0 Å². The summed E-state index contributed by atoms with van der Waals surface area (Å²) in [4.78, 5) is 0. The third-order valence-corrected chi connectivity index (χ3v) is 1.62. The van der Waals surface area contributed by atoms with Crippen molar-refractivity contribution in [2.24, 2.45) is 17.2 Å². The predicted octanol–water partition coefficient (Wildman–Crippen LogP) is -0.280. The summed E-state index contributed by atoms with van der Waals surface area (Å²) in [5, 5.41) is 0. The molecule has 0 aromatic rings. The monoisotopic (exact) mass is 161 g/mol. The van der Waals surface area contributed by atoms with Crippen LogP contribution in [0.2, 0.25) is 0 Å². The molecule has 0 amide bonds. The molecule has 0 aliphatic rings. The summed E-state index contributed by atoms with van der Waals surface area (Å²) in [5.74, 6) is 0. The molecule has 6 N–H and O–H groups in total. The minimum Gasteiger partial charge on any atom is -0.342 e. The van der Waals surface area contributed by atoms with Gasteiger partial charge in [0.1, 0.15) is 12.0 Å². The third kappa shape index (κ3) is 3.67. The molecule has 0 heterocycles. The molecular weight excluding hydrogens is 142 g/mol. The lowest BCUT2D eigenvalue weighted by atomic mass is 10.1. The Hall–Kier alpha value is -0.160. The van der Waals surface area contributed by atoms with Crippen molar-refractivity contribution < 1.29 is 4.74 Å². The van der Waals surface area contributed by atoms with E-state index in [0.717, 1.165) is 6.42 Å². The predicted molar refractivity (Wildman–Crippen MR) is 45.6 cm³/mol. The van der Waals surface area contributed by atoms with Crippen molar-refractivity contribution in [1.29, 1.82) is 0 Å². The van der Waals surface area contributed by atoms with Crippen molar-refractivity contribution in [1.82, 2.24) is 0 Å². The molecule has 0 saturated carbocycles. The van der Waals surface area contributed by atoms with Crippen LogP contribution >= 0.6 is 0 Å². The van der Waals surface area contributed by atoms with E-state index >= 15 is 0 Å². The first-order valence-electron chi connectivity index (χ1n) is 3.88. The largest absolute Gasteiger partial charge is 0.342 e. The second-order valence-corrected chi connectivity index (χ2v) is 3.02. The van der Waals surface area contributed by atoms with Crippen molar-refractivity contribution in [3.8, 4) is 0 Å². The lowest BCUT2D eigenvalue weighted by Gasteiger charge is -2.32. The second-order valence-electron chi connectivity index (χ2n) is 3.02. The zero-order valence-electron chi connectivity index (χ0n) is 7.50. The van der Waals surface area contributed by atoms with E-state index in [0.29, 0.717) is 0 Å². The van der Waals surface area contributed by atoms with Crippen LogP contribution in [0.1, 0.15) is 27.2 Å². The van der Waals surface area contributed by atoms with E-state index in [2.05, 4.69) is 0 Å². The normalized spacial score (nSPS) is 22.4. The van der Waals surface area contributed by atoms with Crippen molar-refractivity contribution in [3.63, 3.8) is 0 Å². The Kier molecular flexibility index (Phi) is 3.96. The van der Waals surface area contributed by atoms with E-state index in [9.17, 15) is 0 Å². The fourth-order valence-electron chi connectivity index (χ4n) is 0.893.